The van der Waals surface area contributed by atoms with Crippen molar-refractivity contribution >= 4 is 5.97 Å². The Morgan fingerprint density at radius 2 is 2.25 bits per heavy atom. The van der Waals surface area contributed by atoms with Crippen molar-refractivity contribution in [3.8, 4) is 5.75 Å². The molecule has 0 spiro atoms. The second-order valence-corrected chi connectivity index (χ2v) is 6.36. The van der Waals surface area contributed by atoms with E-state index in [2.05, 4.69) is 13.0 Å². The lowest BCUT2D eigenvalue weighted by Gasteiger charge is -2.27. The summed E-state index contributed by atoms with van der Waals surface area (Å²) in [4.78, 5) is 11.8. The molecule has 3 rings (SSSR count). The standard InChI is InChI=1S/C17H22O3/c1-2-12-7-8-17(10-12,16(18)19)11-14-9-13-5-3-4-6-15(13)20-14/h3-6,12,14H,2,7-11H2,1H3,(H,18,19). The normalized spacial score (nSPS) is 31.9. The predicted molar refractivity (Wildman–Crippen MR) is 76.9 cm³/mol. The molecule has 1 aliphatic carbocycles. The maximum atomic E-state index is 11.8. The van der Waals surface area contributed by atoms with Crippen LogP contribution in [0.2, 0.25) is 0 Å². The first-order chi connectivity index (χ1) is 9.63. The second-order valence-electron chi connectivity index (χ2n) is 6.36. The van der Waals surface area contributed by atoms with E-state index in [1.54, 1.807) is 0 Å². The third-order valence-corrected chi connectivity index (χ3v) is 5.07. The van der Waals surface area contributed by atoms with E-state index >= 15 is 0 Å². The number of rotatable bonds is 4. The van der Waals surface area contributed by atoms with Gasteiger partial charge in [0.2, 0.25) is 0 Å². The zero-order valence-electron chi connectivity index (χ0n) is 12.0. The summed E-state index contributed by atoms with van der Waals surface area (Å²) in [5, 5.41) is 9.70. The van der Waals surface area contributed by atoms with Gasteiger partial charge in [-0.25, -0.2) is 0 Å². The van der Waals surface area contributed by atoms with Crippen molar-refractivity contribution in [3.63, 3.8) is 0 Å². The second kappa shape index (κ2) is 5.12. The van der Waals surface area contributed by atoms with Gasteiger partial charge < -0.3 is 9.84 Å². The number of carbonyl (C=O) groups is 1. The first-order valence-corrected chi connectivity index (χ1v) is 7.61. The van der Waals surface area contributed by atoms with Crippen LogP contribution in [0, 0.1) is 11.3 Å². The molecule has 108 valence electrons. The van der Waals surface area contributed by atoms with Crippen LogP contribution in [0.4, 0.5) is 0 Å². The van der Waals surface area contributed by atoms with Gasteiger partial charge >= 0.3 is 5.97 Å². The summed E-state index contributed by atoms with van der Waals surface area (Å²) >= 11 is 0. The molecule has 1 N–H and O–H groups in total. The maximum absolute atomic E-state index is 11.8. The molecule has 1 saturated carbocycles. The fourth-order valence-corrected chi connectivity index (χ4v) is 3.86. The number of aliphatic carboxylic acids is 1. The molecule has 3 unspecified atom stereocenters. The van der Waals surface area contributed by atoms with Crippen molar-refractivity contribution in [3.05, 3.63) is 29.8 Å². The molecule has 3 nitrogen and oxygen atoms in total. The fraction of sp³-hybridized carbons (Fsp3) is 0.588. The van der Waals surface area contributed by atoms with E-state index in [4.69, 9.17) is 4.74 Å². The van der Waals surface area contributed by atoms with Gasteiger partial charge in [0.1, 0.15) is 11.9 Å². The summed E-state index contributed by atoms with van der Waals surface area (Å²) in [5.41, 5.74) is 0.649. The predicted octanol–water partition coefficient (Wildman–Crippen LogP) is 3.66. The number of benzene rings is 1. The number of para-hydroxylation sites is 1. The molecule has 1 aliphatic heterocycles. The largest absolute Gasteiger partial charge is 0.490 e. The van der Waals surface area contributed by atoms with Crippen LogP contribution in [0.25, 0.3) is 0 Å². The van der Waals surface area contributed by atoms with Gasteiger partial charge in [-0.15, -0.1) is 0 Å². The van der Waals surface area contributed by atoms with Gasteiger partial charge in [0.25, 0.3) is 0 Å². The highest BCUT2D eigenvalue weighted by Crippen LogP contribution is 2.48. The lowest BCUT2D eigenvalue weighted by Crippen LogP contribution is -2.34. The number of carboxylic acids is 1. The Bertz CT molecular complexity index is 486. The van der Waals surface area contributed by atoms with Crippen molar-refractivity contribution in [2.45, 2.75) is 51.6 Å². The van der Waals surface area contributed by atoms with Gasteiger partial charge in [-0.3, -0.25) is 4.79 Å². The Labute approximate surface area is 120 Å². The van der Waals surface area contributed by atoms with Gasteiger partial charge in [-0.05, 0) is 36.8 Å². The van der Waals surface area contributed by atoms with E-state index in [1.807, 2.05) is 18.2 Å². The fourth-order valence-electron chi connectivity index (χ4n) is 3.86. The van der Waals surface area contributed by atoms with Crippen LogP contribution < -0.4 is 4.74 Å². The highest BCUT2D eigenvalue weighted by atomic mass is 16.5. The highest BCUT2D eigenvalue weighted by molar-refractivity contribution is 5.75. The smallest absolute Gasteiger partial charge is 0.309 e. The van der Waals surface area contributed by atoms with Crippen LogP contribution in [-0.2, 0) is 11.2 Å². The number of carboxylic acid groups (broad SMARTS) is 1. The molecule has 0 bridgehead atoms. The third kappa shape index (κ3) is 2.30. The first kappa shape index (κ1) is 13.5. The lowest BCUT2D eigenvalue weighted by molar-refractivity contribution is -0.150. The number of ether oxygens (including phenoxy) is 1. The summed E-state index contributed by atoms with van der Waals surface area (Å²) in [5.74, 6) is 0.867. The van der Waals surface area contributed by atoms with Gasteiger partial charge in [0.15, 0.2) is 0 Å². The molecule has 0 saturated heterocycles. The van der Waals surface area contributed by atoms with Gasteiger partial charge in [-0.2, -0.15) is 0 Å². The molecule has 20 heavy (non-hydrogen) atoms. The van der Waals surface area contributed by atoms with Crippen LogP contribution in [0.1, 0.15) is 44.6 Å². The summed E-state index contributed by atoms with van der Waals surface area (Å²) in [6, 6.07) is 8.04. The average Bonchev–Trinajstić information content (AvgIpc) is 3.02. The average molecular weight is 274 g/mol. The van der Waals surface area contributed by atoms with Crippen molar-refractivity contribution in [2.75, 3.05) is 0 Å². The van der Waals surface area contributed by atoms with Crippen LogP contribution in [-0.4, -0.2) is 17.2 Å². The number of hydrogen-bond acceptors (Lipinski definition) is 2. The molecule has 0 radical (unpaired) electrons. The third-order valence-electron chi connectivity index (χ3n) is 5.07. The van der Waals surface area contributed by atoms with Crippen LogP contribution in [0.5, 0.6) is 5.75 Å². The highest BCUT2D eigenvalue weighted by Gasteiger charge is 2.47. The minimum Gasteiger partial charge on any atom is -0.490 e. The molecular formula is C17H22O3. The molecule has 1 fully saturated rings. The van der Waals surface area contributed by atoms with E-state index in [-0.39, 0.29) is 6.10 Å². The van der Waals surface area contributed by atoms with E-state index in [1.165, 1.54) is 5.56 Å². The molecule has 3 atom stereocenters. The zero-order valence-corrected chi connectivity index (χ0v) is 12.0. The maximum Gasteiger partial charge on any atom is 0.309 e. The zero-order chi connectivity index (χ0) is 14.2. The Kier molecular flexibility index (Phi) is 3.45. The summed E-state index contributed by atoms with van der Waals surface area (Å²) in [6.45, 7) is 2.16. The van der Waals surface area contributed by atoms with E-state index in [0.29, 0.717) is 12.3 Å². The quantitative estimate of drug-likeness (QED) is 0.911. The molecule has 1 aromatic rings. The molecule has 0 aromatic heterocycles. The topological polar surface area (TPSA) is 46.5 Å². The minimum atomic E-state index is -0.631. The molecule has 3 heteroatoms. The Morgan fingerprint density at radius 1 is 1.45 bits per heavy atom. The van der Waals surface area contributed by atoms with Gasteiger partial charge in [-0.1, -0.05) is 31.5 Å². The Hall–Kier alpha value is -1.51. The summed E-state index contributed by atoms with van der Waals surface area (Å²) in [6.07, 6.45) is 5.27. The summed E-state index contributed by atoms with van der Waals surface area (Å²) in [7, 11) is 0. The first-order valence-electron chi connectivity index (χ1n) is 7.61. The van der Waals surface area contributed by atoms with Gasteiger partial charge in [0.05, 0.1) is 5.41 Å². The van der Waals surface area contributed by atoms with Crippen LogP contribution in [0.3, 0.4) is 0 Å². The monoisotopic (exact) mass is 274 g/mol. The van der Waals surface area contributed by atoms with Crippen molar-refractivity contribution in [1.82, 2.24) is 0 Å². The van der Waals surface area contributed by atoms with E-state index in [9.17, 15) is 9.90 Å². The Morgan fingerprint density at radius 3 is 2.90 bits per heavy atom. The molecule has 0 amide bonds. The minimum absolute atomic E-state index is 0.0270. The van der Waals surface area contributed by atoms with Crippen LogP contribution >= 0.6 is 0 Å². The summed E-state index contributed by atoms with van der Waals surface area (Å²) < 4.78 is 5.95. The van der Waals surface area contributed by atoms with Crippen LogP contribution in [0.15, 0.2) is 24.3 Å². The molecule has 1 heterocycles. The molecular weight excluding hydrogens is 252 g/mol. The van der Waals surface area contributed by atoms with Gasteiger partial charge in [0, 0.05) is 12.8 Å². The number of fused-ring (bicyclic) bond motifs is 1. The lowest BCUT2D eigenvalue weighted by atomic mass is 9.79. The molecule has 1 aromatic carbocycles. The van der Waals surface area contributed by atoms with Crippen molar-refractivity contribution in [2.24, 2.45) is 11.3 Å². The number of hydrogen-bond donors (Lipinski definition) is 1. The van der Waals surface area contributed by atoms with Crippen molar-refractivity contribution < 1.29 is 14.6 Å². The van der Waals surface area contributed by atoms with Crippen molar-refractivity contribution in [1.29, 1.82) is 0 Å². The molecule has 2 aliphatic rings. The van der Waals surface area contributed by atoms with E-state index < -0.39 is 11.4 Å². The van der Waals surface area contributed by atoms with E-state index in [0.717, 1.165) is 37.9 Å². The Balaban J connectivity index is 1.72. The SMILES string of the molecule is CCC1CCC(CC2Cc3ccccc3O2)(C(=O)O)C1.